The second-order valence-corrected chi connectivity index (χ2v) is 7.47. The number of amides is 2. The molecule has 1 aromatic rings. The maximum absolute atomic E-state index is 12.6. The predicted octanol–water partition coefficient (Wildman–Crippen LogP) is 3.99. The Morgan fingerprint density at radius 3 is 2.54 bits per heavy atom. The van der Waals surface area contributed by atoms with Crippen LogP contribution in [0.2, 0.25) is 0 Å². The molecule has 1 aliphatic heterocycles. The Morgan fingerprint density at radius 1 is 1.12 bits per heavy atom. The van der Waals surface area contributed by atoms with Crippen LogP contribution < -0.4 is 10.1 Å². The molecule has 1 atom stereocenters. The first kappa shape index (κ1) is 18.7. The normalized spacial score (nSPS) is 20.8. The summed E-state index contributed by atoms with van der Waals surface area (Å²) in [4.78, 5) is 26.5. The molecule has 2 amide bonds. The molecule has 0 radical (unpaired) electrons. The molecule has 2 aliphatic rings. The first-order chi connectivity index (χ1) is 12.7. The van der Waals surface area contributed by atoms with Crippen LogP contribution in [0, 0.1) is 5.92 Å². The highest BCUT2D eigenvalue weighted by Crippen LogP contribution is 2.25. The molecule has 1 saturated carbocycles. The van der Waals surface area contributed by atoms with Crippen LogP contribution >= 0.6 is 0 Å². The van der Waals surface area contributed by atoms with E-state index >= 15 is 0 Å². The van der Waals surface area contributed by atoms with E-state index in [1.54, 1.807) is 0 Å². The van der Waals surface area contributed by atoms with Crippen LogP contribution in [-0.4, -0.2) is 35.9 Å². The molecule has 26 heavy (non-hydrogen) atoms. The average Bonchev–Trinajstić information content (AvgIpc) is 3.17. The minimum absolute atomic E-state index is 0.00320. The van der Waals surface area contributed by atoms with Gasteiger partial charge < -0.3 is 15.0 Å². The molecule has 5 nitrogen and oxygen atoms in total. The van der Waals surface area contributed by atoms with Crippen LogP contribution in [0.3, 0.4) is 0 Å². The van der Waals surface area contributed by atoms with Crippen LogP contribution in [0.4, 0.5) is 5.69 Å². The van der Waals surface area contributed by atoms with Crippen LogP contribution in [0.5, 0.6) is 5.75 Å². The van der Waals surface area contributed by atoms with E-state index in [-0.39, 0.29) is 17.7 Å². The lowest BCUT2D eigenvalue weighted by Crippen LogP contribution is -2.43. The van der Waals surface area contributed by atoms with Gasteiger partial charge in [-0.25, -0.2) is 0 Å². The Morgan fingerprint density at radius 2 is 1.85 bits per heavy atom. The van der Waals surface area contributed by atoms with Crippen molar-refractivity contribution in [1.29, 1.82) is 0 Å². The van der Waals surface area contributed by atoms with Gasteiger partial charge in [0, 0.05) is 25.2 Å². The van der Waals surface area contributed by atoms with Gasteiger partial charge in [-0.1, -0.05) is 6.92 Å². The molecule has 0 aromatic heterocycles. The molecule has 3 rings (SSSR count). The van der Waals surface area contributed by atoms with Crippen molar-refractivity contribution in [1.82, 2.24) is 4.90 Å². The van der Waals surface area contributed by atoms with Gasteiger partial charge in [0.1, 0.15) is 5.75 Å². The zero-order valence-corrected chi connectivity index (χ0v) is 15.7. The first-order valence-electron chi connectivity index (χ1n) is 10.0. The van der Waals surface area contributed by atoms with Gasteiger partial charge >= 0.3 is 0 Å². The third kappa shape index (κ3) is 4.99. The SMILES string of the molecule is CCCC(=O)N1CCC[C@H](C(=O)Nc2ccc(OC3CCCC3)cc2)C1. The third-order valence-corrected chi connectivity index (χ3v) is 5.34. The summed E-state index contributed by atoms with van der Waals surface area (Å²) in [6.07, 6.45) is 8.24. The molecule has 2 fully saturated rings. The quantitative estimate of drug-likeness (QED) is 0.837. The zero-order chi connectivity index (χ0) is 18.4. The number of ether oxygens (including phenoxy) is 1. The van der Waals surface area contributed by atoms with E-state index < -0.39 is 0 Å². The Hall–Kier alpha value is -2.04. The van der Waals surface area contributed by atoms with E-state index in [4.69, 9.17) is 4.74 Å². The number of piperidine rings is 1. The summed E-state index contributed by atoms with van der Waals surface area (Å²) in [6.45, 7) is 3.31. The van der Waals surface area contributed by atoms with Gasteiger partial charge in [0.2, 0.25) is 11.8 Å². The minimum atomic E-state index is -0.126. The molecule has 1 aromatic carbocycles. The Labute approximate surface area is 156 Å². The molecular weight excluding hydrogens is 328 g/mol. The zero-order valence-electron chi connectivity index (χ0n) is 15.7. The molecule has 142 valence electrons. The third-order valence-electron chi connectivity index (χ3n) is 5.34. The Bertz CT molecular complexity index is 608. The molecule has 1 saturated heterocycles. The fourth-order valence-electron chi connectivity index (χ4n) is 3.85. The first-order valence-corrected chi connectivity index (χ1v) is 10.0. The lowest BCUT2D eigenvalue weighted by atomic mass is 9.96. The minimum Gasteiger partial charge on any atom is -0.490 e. The number of anilines is 1. The molecule has 1 heterocycles. The fraction of sp³-hybridized carbons (Fsp3) is 0.619. The van der Waals surface area contributed by atoms with Crippen molar-refractivity contribution in [3.63, 3.8) is 0 Å². The standard InChI is InChI=1S/C21H30N2O3/c1-2-6-20(24)23-14-5-7-16(15-23)21(25)22-17-10-12-19(13-11-17)26-18-8-3-4-9-18/h10-13,16,18H,2-9,14-15H2,1H3,(H,22,25)/t16-/m0/s1. The summed E-state index contributed by atoms with van der Waals surface area (Å²) in [5.74, 6) is 0.907. The molecule has 1 N–H and O–H groups in total. The van der Waals surface area contributed by atoms with Crippen molar-refractivity contribution in [2.75, 3.05) is 18.4 Å². The summed E-state index contributed by atoms with van der Waals surface area (Å²) < 4.78 is 5.96. The summed E-state index contributed by atoms with van der Waals surface area (Å²) in [6, 6.07) is 7.63. The number of benzene rings is 1. The largest absolute Gasteiger partial charge is 0.490 e. The highest BCUT2D eigenvalue weighted by atomic mass is 16.5. The maximum atomic E-state index is 12.6. The maximum Gasteiger partial charge on any atom is 0.229 e. The van der Waals surface area contributed by atoms with Crippen LogP contribution in [-0.2, 0) is 9.59 Å². The van der Waals surface area contributed by atoms with Crippen LogP contribution in [0.25, 0.3) is 0 Å². The molecule has 0 unspecified atom stereocenters. The van der Waals surface area contributed by atoms with E-state index in [0.29, 0.717) is 19.1 Å². The smallest absolute Gasteiger partial charge is 0.229 e. The summed E-state index contributed by atoms with van der Waals surface area (Å²) in [5.41, 5.74) is 0.783. The van der Waals surface area contributed by atoms with Crippen molar-refractivity contribution >= 4 is 17.5 Å². The second kappa shape index (κ2) is 9.06. The van der Waals surface area contributed by atoms with Gasteiger partial charge in [0.05, 0.1) is 12.0 Å². The fourth-order valence-corrected chi connectivity index (χ4v) is 3.85. The molecule has 0 bridgehead atoms. The van der Waals surface area contributed by atoms with E-state index in [9.17, 15) is 9.59 Å². The van der Waals surface area contributed by atoms with Crippen LogP contribution in [0.15, 0.2) is 24.3 Å². The van der Waals surface area contributed by atoms with E-state index in [1.807, 2.05) is 36.1 Å². The number of nitrogens with zero attached hydrogens (tertiary/aromatic N) is 1. The summed E-state index contributed by atoms with van der Waals surface area (Å²) in [7, 11) is 0. The Balaban J connectivity index is 1.51. The molecule has 5 heteroatoms. The summed E-state index contributed by atoms with van der Waals surface area (Å²) in [5, 5.41) is 2.99. The average molecular weight is 358 g/mol. The van der Waals surface area contributed by atoms with Gasteiger partial charge in [0.15, 0.2) is 0 Å². The lowest BCUT2D eigenvalue weighted by Gasteiger charge is -2.32. The van der Waals surface area contributed by atoms with Crippen molar-refractivity contribution in [2.45, 2.75) is 64.4 Å². The van der Waals surface area contributed by atoms with Crippen molar-refractivity contribution in [2.24, 2.45) is 5.92 Å². The number of carbonyl (C=O) groups is 2. The number of likely N-dealkylation sites (tertiary alicyclic amines) is 1. The van der Waals surface area contributed by atoms with Crippen LogP contribution in [0.1, 0.15) is 58.3 Å². The summed E-state index contributed by atoms with van der Waals surface area (Å²) >= 11 is 0. The topological polar surface area (TPSA) is 58.6 Å². The van der Waals surface area contributed by atoms with Crippen molar-refractivity contribution in [3.8, 4) is 5.75 Å². The Kier molecular flexibility index (Phi) is 6.53. The predicted molar refractivity (Wildman–Crippen MR) is 102 cm³/mol. The van der Waals surface area contributed by atoms with E-state index in [0.717, 1.165) is 50.1 Å². The molecule has 0 spiro atoms. The number of hydrogen-bond donors (Lipinski definition) is 1. The molecule has 1 aliphatic carbocycles. The van der Waals surface area contributed by atoms with Gasteiger partial charge in [0.25, 0.3) is 0 Å². The number of carbonyl (C=O) groups excluding carboxylic acids is 2. The van der Waals surface area contributed by atoms with Crippen molar-refractivity contribution in [3.05, 3.63) is 24.3 Å². The second-order valence-electron chi connectivity index (χ2n) is 7.47. The van der Waals surface area contributed by atoms with E-state index in [2.05, 4.69) is 5.32 Å². The van der Waals surface area contributed by atoms with Gasteiger partial charge in [-0.05, 0) is 69.2 Å². The van der Waals surface area contributed by atoms with Crippen molar-refractivity contribution < 1.29 is 14.3 Å². The highest BCUT2D eigenvalue weighted by molar-refractivity contribution is 5.93. The van der Waals surface area contributed by atoms with Gasteiger partial charge in [-0.15, -0.1) is 0 Å². The van der Waals surface area contributed by atoms with Gasteiger partial charge in [-0.3, -0.25) is 9.59 Å². The lowest BCUT2D eigenvalue weighted by molar-refractivity contribution is -0.134. The monoisotopic (exact) mass is 358 g/mol. The number of nitrogens with one attached hydrogen (secondary N) is 1. The van der Waals surface area contributed by atoms with E-state index in [1.165, 1.54) is 12.8 Å². The number of rotatable bonds is 6. The highest BCUT2D eigenvalue weighted by Gasteiger charge is 2.28. The number of hydrogen-bond acceptors (Lipinski definition) is 3. The molecular formula is C21H30N2O3. The van der Waals surface area contributed by atoms with Gasteiger partial charge in [-0.2, -0.15) is 0 Å².